The molecule has 4 heteroatoms. The molecule has 25 heavy (non-hydrogen) atoms. The van der Waals surface area contributed by atoms with Gasteiger partial charge in [-0.1, -0.05) is 12.1 Å². The molecular formula is C21H27N3O. The highest BCUT2D eigenvalue weighted by molar-refractivity contribution is 5.82. The maximum atomic E-state index is 6.52. The van der Waals surface area contributed by atoms with E-state index in [1.54, 1.807) is 0 Å². The first-order chi connectivity index (χ1) is 12.1. The van der Waals surface area contributed by atoms with Gasteiger partial charge in [0.2, 0.25) is 5.88 Å². The highest BCUT2D eigenvalue weighted by Gasteiger charge is 2.22. The number of aromatic nitrogens is 1. The summed E-state index contributed by atoms with van der Waals surface area (Å²) in [6.45, 7) is 4.27. The van der Waals surface area contributed by atoms with Gasteiger partial charge in [-0.15, -0.1) is 0 Å². The van der Waals surface area contributed by atoms with Crippen molar-refractivity contribution in [1.82, 2.24) is 9.88 Å². The molecule has 2 N–H and O–H groups in total. The maximum Gasteiger partial charge on any atom is 0.217 e. The van der Waals surface area contributed by atoms with Crippen molar-refractivity contribution in [3.63, 3.8) is 0 Å². The SMILES string of the molecule is Cc1c(-c2ccc3c(c2N)CCC3)ccnc1OC1CCN(C)CC1. The van der Waals surface area contributed by atoms with Gasteiger partial charge in [0.25, 0.3) is 0 Å². The van der Waals surface area contributed by atoms with Crippen LogP contribution in [0.2, 0.25) is 0 Å². The first-order valence-electron chi connectivity index (χ1n) is 9.35. The lowest BCUT2D eigenvalue weighted by atomic mass is 9.95. The fraction of sp³-hybridized carbons (Fsp3) is 0.476. The fourth-order valence-corrected chi connectivity index (χ4v) is 4.12. The number of hydrogen-bond acceptors (Lipinski definition) is 4. The number of anilines is 1. The maximum absolute atomic E-state index is 6.52. The first-order valence-corrected chi connectivity index (χ1v) is 9.35. The van der Waals surface area contributed by atoms with Crippen molar-refractivity contribution >= 4 is 5.69 Å². The molecule has 1 saturated heterocycles. The number of fused-ring (bicyclic) bond motifs is 1. The molecule has 1 aliphatic carbocycles. The Labute approximate surface area is 150 Å². The molecule has 4 rings (SSSR count). The Hall–Kier alpha value is -2.07. The van der Waals surface area contributed by atoms with E-state index in [1.807, 2.05) is 6.20 Å². The smallest absolute Gasteiger partial charge is 0.217 e. The third-order valence-corrected chi connectivity index (χ3v) is 5.72. The molecule has 0 amide bonds. The molecule has 0 bridgehead atoms. The second-order valence-electron chi connectivity index (χ2n) is 7.43. The second kappa shape index (κ2) is 6.68. The summed E-state index contributed by atoms with van der Waals surface area (Å²) in [5.41, 5.74) is 13.6. The zero-order valence-corrected chi connectivity index (χ0v) is 15.2. The highest BCUT2D eigenvalue weighted by Crippen LogP contribution is 2.38. The number of pyridine rings is 1. The van der Waals surface area contributed by atoms with Crippen LogP contribution in [-0.2, 0) is 12.8 Å². The van der Waals surface area contributed by atoms with Crippen LogP contribution in [-0.4, -0.2) is 36.1 Å². The van der Waals surface area contributed by atoms with Crippen LogP contribution in [0, 0.1) is 6.92 Å². The number of aryl methyl sites for hydroxylation is 1. The molecule has 0 atom stereocenters. The van der Waals surface area contributed by atoms with Crippen molar-refractivity contribution in [2.24, 2.45) is 0 Å². The summed E-state index contributed by atoms with van der Waals surface area (Å²) in [7, 11) is 2.16. The van der Waals surface area contributed by atoms with Gasteiger partial charge in [-0.05, 0) is 68.8 Å². The molecule has 2 aliphatic rings. The Morgan fingerprint density at radius 1 is 1.12 bits per heavy atom. The van der Waals surface area contributed by atoms with Crippen molar-refractivity contribution in [3.05, 3.63) is 41.1 Å². The molecule has 2 heterocycles. The summed E-state index contributed by atoms with van der Waals surface area (Å²) in [6.07, 6.45) is 7.68. The standard InChI is InChI=1S/C21H27N3O/c1-14-17(19-7-6-15-4-3-5-18(15)20(19)22)8-11-23-21(14)25-16-9-12-24(2)13-10-16/h6-8,11,16H,3-5,9-10,12-13,22H2,1-2H3. The van der Waals surface area contributed by atoms with Crippen LogP contribution in [0.25, 0.3) is 11.1 Å². The molecule has 132 valence electrons. The quantitative estimate of drug-likeness (QED) is 0.870. The predicted molar refractivity (Wildman–Crippen MR) is 102 cm³/mol. The molecule has 0 spiro atoms. The first kappa shape index (κ1) is 16.4. The van der Waals surface area contributed by atoms with Crippen molar-refractivity contribution in [2.45, 2.75) is 45.1 Å². The third-order valence-electron chi connectivity index (χ3n) is 5.72. The zero-order chi connectivity index (χ0) is 17.4. The monoisotopic (exact) mass is 337 g/mol. The molecule has 1 aliphatic heterocycles. The van der Waals surface area contributed by atoms with Gasteiger partial charge >= 0.3 is 0 Å². The van der Waals surface area contributed by atoms with E-state index in [4.69, 9.17) is 10.5 Å². The molecule has 1 aromatic carbocycles. The average Bonchev–Trinajstić information content (AvgIpc) is 3.09. The Morgan fingerprint density at radius 2 is 1.92 bits per heavy atom. The number of nitrogens with zero attached hydrogens (tertiary/aromatic N) is 2. The number of likely N-dealkylation sites (tertiary alicyclic amines) is 1. The molecule has 4 nitrogen and oxygen atoms in total. The van der Waals surface area contributed by atoms with E-state index in [0.717, 1.165) is 67.0 Å². The van der Waals surface area contributed by atoms with Crippen LogP contribution in [0.1, 0.15) is 36.0 Å². The molecule has 1 aromatic heterocycles. The number of nitrogen functional groups attached to an aromatic ring is 1. The van der Waals surface area contributed by atoms with Crippen LogP contribution in [0.4, 0.5) is 5.69 Å². The Bertz CT molecular complexity index is 779. The summed E-state index contributed by atoms with van der Waals surface area (Å²) in [4.78, 5) is 6.85. The number of piperidine rings is 1. The van der Waals surface area contributed by atoms with E-state index in [0.29, 0.717) is 0 Å². The number of ether oxygens (including phenoxy) is 1. The summed E-state index contributed by atoms with van der Waals surface area (Å²) in [6, 6.07) is 6.47. The Balaban J connectivity index is 1.64. The van der Waals surface area contributed by atoms with E-state index >= 15 is 0 Å². The Morgan fingerprint density at radius 3 is 2.72 bits per heavy atom. The van der Waals surface area contributed by atoms with E-state index in [1.165, 1.54) is 17.5 Å². The summed E-state index contributed by atoms with van der Waals surface area (Å²) >= 11 is 0. The van der Waals surface area contributed by atoms with E-state index < -0.39 is 0 Å². The summed E-state index contributed by atoms with van der Waals surface area (Å²) < 4.78 is 6.25. The second-order valence-corrected chi connectivity index (χ2v) is 7.43. The van der Waals surface area contributed by atoms with Crippen LogP contribution in [0.15, 0.2) is 24.4 Å². The highest BCUT2D eigenvalue weighted by atomic mass is 16.5. The number of benzene rings is 1. The molecule has 0 saturated carbocycles. The minimum atomic E-state index is 0.259. The van der Waals surface area contributed by atoms with E-state index in [2.05, 4.69) is 42.1 Å². The normalized spacial score (nSPS) is 18.3. The third kappa shape index (κ3) is 3.11. The summed E-state index contributed by atoms with van der Waals surface area (Å²) in [5, 5.41) is 0. The van der Waals surface area contributed by atoms with Crippen molar-refractivity contribution < 1.29 is 4.74 Å². The number of rotatable bonds is 3. The summed E-state index contributed by atoms with van der Waals surface area (Å²) in [5.74, 6) is 0.756. The lowest BCUT2D eigenvalue weighted by Crippen LogP contribution is -2.35. The fourth-order valence-electron chi connectivity index (χ4n) is 4.12. The number of nitrogens with two attached hydrogens (primary N) is 1. The predicted octanol–water partition coefficient (Wildman–Crippen LogP) is 3.60. The van der Waals surface area contributed by atoms with Crippen LogP contribution >= 0.6 is 0 Å². The molecule has 1 fully saturated rings. The lowest BCUT2D eigenvalue weighted by Gasteiger charge is -2.29. The van der Waals surface area contributed by atoms with Crippen LogP contribution in [0.5, 0.6) is 5.88 Å². The number of hydrogen-bond donors (Lipinski definition) is 1. The Kier molecular flexibility index (Phi) is 4.38. The minimum absolute atomic E-state index is 0.259. The van der Waals surface area contributed by atoms with Gasteiger partial charge in [0.1, 0.15) is 6.10 Å². The largest absolute Gasteiger partial charge is 0.474 e. The topological polar surface area (TPSA) is 51.4 Å². The molecule has 2 aromatic rings. The van der Waals surface area contributed by atoms with Crippen molar-refractivity contribution in [3.8, 4) is 17.0 Å². The molecular weight excluding hydrogens is 310 g/mol. The van der Waals surface area contributed by atoms with Gasteiger partial charge in [0.15, 0.2) is 0 Å². The van der Waals surface area contributed by atoms with Gasteiger partial charge in [-0.25, -0.2) is 4.98 Å². The van der Waals surface area contributed by atoms with Gasteiger partial charge < -0.3 is 15.4 Å². The molecule has 0 unspecified atom stereocenters. The van der Waals surface area contributed by atoms with Crippen molar-refractivity contribution in [1.29, 1.82) is 0 Å². The van der Waals surface area contributed by atoms with Gasteiger partial charge in [0.05, 0.1) is 0 Å². The van der Waals surface area contributed by atoms with Crippen molar-refractivity contribution in [2.75, 3.05) is 25.9 Å². The van der Waals surface area contributed by atoms with Gasteiger partial charge in [-0.3, -0.25) is 0 Å². The molecule has 0 radical (unpaired) electrons. The lowest BCUT2D eigenvalue weighted by molar-refractivity contribution is 0.109. The van der Waals surface area contributed by atoms with Gasteiger partial charge in [-0.2, -0.15) is 0 Å². The van der Waals surface area contributed by atoms with Gasteiger partial charge in [0, 0.05) is 36.1 Å². The van der Waals surface area contributed by atoms with E-state index in [9.17, 15) is 0 Å². The minimum Gasteiger partial charge on any atom is -0.474 e. The van der Waals surface area contributed by atoms with Crippen LogP contribution in [0.3, 0.4) is 0 Å². The zero-order valence-electron chi connectivity index (χ0n) is 15.2. The average molecular weight is 337 g/mol. The van der Waals surface area contributed by atoms with Crippen LogP contribution < -0.4 is 10.5 Å². The van der Waals surface area contributed by atoms with E-state index in [-0.39, 0.29) is 6.10 Å².